The van der Waals surface area contributed by atoms with Gasteiger partial charge in [0.2, 0.25) is 0 Å². The summed E-state index contributed by atoms with van der Waals surface area (Å²) in [4.78, 5) is 4.85. The molecule has 87 heavy (non-hydrogen) atoms. The maximum absolute atomic E-state index is 7.40. The highest BCUT2D eigenvalue weighted by molar-refractivity contribution is 6.17. The number of anilines is 6. The number of furan rings is 2. The molecule has 0 atom stereocenters. The van der Waals surface area contributed by atoms with Gasteiger partial charge in [-0.05, 0) is 127 Å². The number of benzene rings is 13. The van der Waals surface area contributed by atoms with Gasteiger partial charge in [0.1, 0.15) is 11.2 Å². The molecule has 0 saturated carbocycles. The van der Waals surface area contributed by atoms with E-state index in [0.717, 1.165) is 94.5 Å². The molecule has 1 aliphatic carbocycles. The average molecular weight is 1120 g/mol. The molecule has 4 heteroatoms. The maximum atomic E-state index is 7.40. The second-order valence-electron chi connectivity index (χ2n) is 23.8. The molecule has 4 nitrogen and oxygen atoms in total. The first-order valence-corrected chi connectivity index (χ1v) is 30.5. The Balaban J connectivity index is 0.960. The molecular weight excluding hydrogens is 1060 g/mol. The van der Waals surface area contributed by atoms with Crippen LogP contribution < -0.4 is 9.80 Å². The standard InChI is InChI=1S/C83H62N2O2/c1-53(2)60-35-17-19-37-62(60)66-41-23-43-68-70-45-25-47-75(81(70)86-79(66)68)84(57-31-13-7-14-32-57)59-49-50-72-73(51-59)83(55-27-9-5-10-28-55,56-29-11-6-12-30-56)74-52-77(64-39-21-22-40-65(64)78(72)74)85(58-33-15-8-16-34-58)76-48-26-46-71-69-44-24-42-67(80(69)87-82(71)76)63-38-20-18-36-61(63)54(3)4/h5-54H,1-4H3. The van der Waals surface area contributed by atoms with Crippen LogP contribution in [0, 0.1) is 0 Å². The van der Waals surface area contributed by atoms with Crippen LogP contribution in [0.5, 0.6) is 0 Å². The van der Waals surface area contributed by atoms with Crippen molar-refractivity contribution in [2.45, 2.75) is 44.9 Å². The normalized spacial score (nSPS) is 12.7. The molecule has 0 radical (unpaired) electrons. The van der Waals surface area contributed by atoms with Crippen LogP contribution >= 0.6 is 0 Å². The Labute approximate surface area is 507 Å². The van der Waals surface area contributed by atoms with E-state index < -0.39 is 5.41 Å². The molecule has 13 aromatic carbocycles. The van der Waals surface area contributed by atoms with E-state index in [1.165, 1.54) is 61.0 Å². The van der Waals surface area contributed by atoms with Gasteiger partial charge in [-0.15, -0.1) is 0 Å². The molecule has 16 rings (SSSR count). The van der Waals surface area contributed by atoms with E-state index in [4.69, 9.17) is 8.83 Å². The van der Waals surface area contributed by atoms with E-state index in [-0.39, 0.29) is 0 Å². The minimum atomic E-state index is -0.805. The van der Waals surface area contributed by atoms with Crippen LogP contribution in [0.1, 0.15) is 72.9 Å². The minimum absolute atomic E-state index is 0.336. The van der Waals surface area contributed by atoms with Crippen LogP contribution in [0.4, 0.5) is 34.1 Å². The summed E-state index contributed by atoms with van der Waals surface area (Å²) in [5.74, 6) is 0.676. The summed E-state index contributed by atoms with van der Waals surface area (Å²) in [6.45, 7) is 9.06. The van der Waals surface area contributed by atoms with E-state index in [2.05, 4.69) is 329 Å². The molecule has 416 valence electrons. The molecule has 0 N–H and O–H groups in total. The van der Waals surface area contributed by atoms with Gasteiger partial charge in [-0.3, -0.25) is 0 Å². The predicted molar refractivity (Wildman–Crippen MR) is 364 cm³/mol. The molecule has 0 unspecified atom stereocenters. The second-order valence-corrected chi connectivity index (χ2v) is 23.8. The maximum Gasteiger partial charge on any atom is 0.159 e. The van der Waals surface area contributed by atoms with Crippen molar-refractivity contribution >= 4 is 88.8 Å². The average Bonchev–Trinajstić information content (AvgIpc) is 1.56. The fourth-order valence-electron chi connectivity index (χ4n) is 14.5. The summed E-state index contributed by atoms with van der Waals surface area (Å²) in [6.07, 6.45) is 0. The first kappa shape index (κ1) is 51.9. The smallest absolute Gasteiger partial charge is 0.159 e. The molecular formula is C83H62N2O2. The van der Waals surface area contributed by atoms with Crippen molar-refractivity contribution in [1.82, 2.24) is 0 Å². The SMILES string of the molecule is CC(C)c1ccccc1-c1cccc2c1oc1c(N(c3ccccc3)c3ccc4c(c3)C(c3ccccc3)(c3ccccc3)c3cc(N(c5ccccc5)c5cccc6c5oc5c(-c7ccccc7C(C)C)cccc56)c5ccccc5c3-4)cccc12. The third-order valence-corrected chi connectivity index (χ3v) is 18.3. The summed E-state index contributed by atoms with van der Waals surface area (Å²) >= 11 is 0. The van der Waals surface area contributed by atoms with Crippen LogP contribution in [0.2, 0.25) is 0 Å². The highest BCUT2D eigenvalue weighted by Gasteiger charge is 2.48. The van der Waals surface area contributed by atoms with Gasteiger partial charge in [-0.25, -0.2) is 0 Å². The van der Waals surface area contributed by atoms with Crippen molar-refractivity contribution in [3.05, 3.63) is 325 Å². The Morgan fingerprint density at radius 1 is 0.276 bits per heavy atom. The molecule has 0 fully saturated rings. The lowest BCUT2D eigenvalue weighted by Crippen LogP contribution is -2.29. The van der Waals surface area contributed by atoms with Crippen molar-refractivity contribution in [1.29, 1.82) is 0 Å². The molecule has 0 bridgehead atoms. The zero-order valence-electron chi connectivity index (χ0n) is 49.1. The lowest BCUT2D eigenvalue weighted by molar-refractivity contribution is 0.669. The summed E-state index contributed by atoms with van der Waals surface area (Å²) in [6, 6.07) is 107. The quantitative estimate of drug-likeness (QED) is 0.122. The number of hydrogen-bond donors (Lipinski definition) is 0. The molecule has 0 spiro atoms. The van der Waals surface area contributed by atoms with E-state index in [0.29, 0.717) is 11.8 Å². The molecule has 0 saturated heterocycles. The van der Waals surface area contributed by atoms with E-state index in [1.807, 2.05) is 0 Å². The molecule has 1 aliphatic rings. The van der Waals surface area contributed by atoms with Gasteiger partial charge in [0.25, 0.3) is 0 Å². The van der Waals surface area contributed by atoms with Crippen molar-refractivity contribution in [2.75, 3.05) is 9.80 Å². The fourth-order valence-corrected chi connectivity index (χ4v) is 14.5. The number of para-hydroxylation sites is 6. The molecule has 2 heterocycles. The van der Waals surface area contributed by atoms with Crippen LogP contribution in [0.15, 0.2) is 300 Å². The van der Waals surface area contributed by atoms with Crippen LogP contribution in [-0.4, -0.2) is 0 Å². The van der Waals surface area contributed by atoms with Crippen LogP contribution in [0.25, 0.3) is 88.0 Å². The third kappa shape index (κ3) is 8.12. The van der Waals surface area contributed by atoms with Gasteiger partial charge in [-0.1, -0.05) is 264 Å². The molecule has 0 amide bonds. The van der Waals surface area contributed by atoms with Crippen molar-refractivity contribution in [3.63, 3.8) is 0 Å². The first-order chi connectivity index (χ1) is 42.9. The van der Waals surface area contributed by atoms with Crippen molar-refractivity contribution in [3.8, 4) is 33.4 Å². The van der Waals surface area contributed by atoms with Gasteiger partial charge in [0.05, 0.1) is 22.5 Å². The first-order valence-electron chi connectivity index (χ1n) is 30.5. The fraction of sp³-hybridized carbons (Fsp3) is 0.0843. The predicted octanol–water partition coefficient (Wildman–Crippen LogP) is 23.5. The summed E-state index contributed by atoms with van der Waals surface area (Å²) in [5.41, 5.74) is 23.0. The van der Waals surface area contributed by atoms with E-state index in [9.17, 15) is 0 Å². The Hall–Kier alpha value is -10.7. The zero-order chi connectivity index (χ0) is 58.3. The van der Waals surface area contributed by atoms with E-state index >= 15 is 0 Å². The van der Waals surface area contributed by atoms with Gasteiger partial charge in [-0.2, -0.15) is 0 Å². The highest BCUT2D eigenvalue weighted by atomic mass is 16.3. The largest absolute Gasteiger partial charge is 0.453 e. The molecule has 0 aliphatic heterocycles. The molecule has 2 aromatic heterocycles. The van der Waals surface area contributed by atoms with Gasteiger partial charge in [0.15, 0.2) is 11.2 Å². The van der Waals surface area contributed by atoms with Gasteiger partial charge in [0, 0.05) is 55.1 Å². The molecule has 15 aromatic rings. The van der Waals surface area contributed by atoms with Gasteiger partial charge >= 0.3 is 0 Å². The Bertz CT molecular complexity index is 5080. The minimum Gasteiger partial charge on any atom is -0.453 e. The van der Waals surface area contributed by atoms with Gasteiger partial charge < -0.3 is 18.6 Å². The summed E-state index contributed by atoms with van der Waals surface area (Å²) in [5, 5.41) is 6.61. The topological polar surface area (TPSA) is 32.8 Å². The zero-order valence-corrected chi connectivity index (χ0v) is 49.1. The van der Waals surface area contributed by atoms with E-state index in [1.54, 1.807) is 0 Å². The number of fused-ring (bicyclic) bond motifs is 11. The summed E-state index contributed by atoms with van der Waals surface area (Å²) in [7, 11) is 0. The number of nitrogens with zero attached hydrogens (tertiary/aromatic N) is 2. The highest BCUT2D eigenvalue weighted by Crippen LogP contribution is 2.61. The monoisotopic (exact) mass is 1120 g/mol. The number of rotatable bonds is 12. The van der Waals surface area contributed by atoms with Crippen molar-refractivity contribution in [2.24, 2.45) is 0 Å². The lowest BCUT2D eigenvalue weighted by atomic mass is 9.67. The Kier molecular flexibility index (Phi) is 12.4. The Morgan fingerprint density at radius 3 is 1.20 bits per heavy atom. The van der Waals surface area contributed by atoms with Crippen LogP contribution in [0.3, 0.4) is 0 Å². The van der Waals surface area contributed by atoms with Crippen LogP contribution in [-0.2, 0) is 5.41 Å². The Morgan fingerprint density at radius 2 is 0.678 bits per heavy atom. The second kappa shape index (κ2) is 20.8. The van der Waals surface area contributed by atoms with Crippen molar-refractivity contribution < 1.29 is 8.83 Å². The lowest BCUT2D eigenvalue weighted by Gasteiger charge is -2.36. The summed E-state index contributed by atoms with van der Waals surface area (Å²) < 4.78 is 14.7. The number of hydrogen-bond acceptors (Lipinski definition) is 4. The third-order valence-electron chi connectivity index (χ3n) is 18.3.